The number of aromatic nitrogens is 2. The molecule has 0 spiro atoms. The van der Waals surface area contributed by atoms with Crippen molar-refractivity contribution in [3.8, 4) is 0 Å². The monoisotopic (exact) mass is 375 g/mol. The number of nitrogens with one attached hydrogen (secondary N) is 1. The highest BCUT2D eigenvalue weighted by atomic mass is 79.9. The molecule has 1 N–H and O–H groups in total. The first kappa shape index (κ1) is 15.7. The molecule has 0 unspecified atom stereocenters. The molecule has 0 radical (unpaired) electrons. The topological polar surface area (TPSA) is 46.4 Å². The van der Waals surface area contributed by atoms with E-state index in [0.29, 0.717) is 29.1 Å². The van der Waals surface area contributed by atoms with Gasteiger partial charge in [-0.2, -0.15) is 0 Å². The molecule has 0 saturated heterocycles. The van der Waals surface area contributed by atoms with Gasteiger partial charge in [0.2, 0.25) is 0 Å². The molecule has 6 heteroatoms. The van der Waals surface area contributed by atoms with Gasteiger partial charge in [0.05, 0.1) is 11.4 Å². The average molecular weight is 376 g/mol. The van der Waals surface area contributed by atoms with Gasteiger partial charge in [0.15, 0.2) is 0 Å². The number of amides is 1. The van der Waals surface area contributed by atoms with Crippen LogP contribution in [0.25, 0.3) is 5.65 Å². The summed E-state index contributed by atoms with van der Waals surface area (Å²) in [7, 11) is 0. The fraction of sp³-hybridized carbons (Fsp3) is 0.176. The first-order chi connectivity index (χ1) is 11.0. The van der Waals surface area contributed by atoms with E-state index in [4.69, 9.17) is 0 Å². The summed E-state index contributed by atoms with van der Waals surface area (Å²) in [6.45, 7) is 3.88. The van der Waals surface area contributed by atoms with Crippen LogP contribution in [0.4, 0.5) is 10.1 Å². The lowest BCUT2D eigenvalue weighted by atomic mass is 10.2. The van der Waals surface area contributed by atoms with Crippen LogP contribution < -0.4 is 5.32 Å². The zero-order chi connectivity index (χ0) is 16.6. The molecule has 4 nitrogen and oxygen atoms in total. The van der Waals surface area contributed by atoms with Crippen LogP contribution >= 0.6 is 15.9 Å². The van der Waals surface area contributed by atoms with Crippen molar-refractivity contribution < 1.29 is 9.18 Å². The maximum absolute atomic E-state index is 13.5. The fourth-order valence-electron chi connectivity index (χ4n) is 2.46. The number of pyridine rings is 1. The van der Waals surface area contributed by atoms with Gasteiger partial charge in [-0.05, 0) is 59.1 Å². The van der Waals surface area contributed by atoms with Crippen LogP contribution in [-0.2, 0) is 6.42 Å². The smallest absolute Gasteiger partial charge is 0.274 e. The number of anilines is 1. The summed E-state index contributed by atoms with van der Waals surface area (Å²) in [5, 5.41) is 2.86. The summed E-state index contributed by atoms with van der Waals surface area (Å²) < 4.78 is 15.8. The lowest BCUT2D eigenvalue weighted by molar-refractivity contribution is 0.102. The molecule has 23 heavy (non-hydrogen) atoms. The number of halogens is 2. The maximum Gasteiger partial charge on any atom is 0.274 e. The number of nitrogens with zero attached hydrogens (tertiary/aromatic N) is 2. The molecule has 2 heterocycles. The van der Waals surface area contributed by atoms with Crippen LogP contribution in [0.5, 0.6) is 0 Å². The van der Waals surface area contributed by atoms with Gasteiger partial charge in [-0.3, -0.25) is 9.20 Å². The molecule has 3 aromatic rings. The second-order valence-corrected chi connectivity index (χ2v) is 6.13. The quantitative estimate of drug-likeness (QED) is 0.739. The summed E-state index contributed by atoms with van der Waals surface area (Å²) in [5.74, 6) is -0.729. The molecule has 2 aromatic heterocycles. The maximum atomic E-state index is 13.5. The molecule has 118 valence electrons. The summed E-state index contributed by atoms with van der Waals surface area (Å²) >= 11 is 3.44. The van der Waals surface area contributed by atoms with E-state index >= 15 is 0 Å². The van der Waals surface area contributed by atoms with E-state index in [1.165, 1.54) is 16.7 Å². The minimum Gasteiger partial charge on any atom is -0.320 e. The van der Waals surface area contributed by atoms with Crippen molar-refractivity contribution >= 4 is 33.2 Å². The third-order valence-electron chi connectivity index (χ3n) is 3.58. The average Bonchev–Trinajstić information content (AvgIpc) is 2.87. The molecular formula is C17H15BrFN3O. The van der Waals surface area contributed by atoms with Crippen LogP contribution in [0.2, 0.25) is 0 Å². The highest BCUT2D eigenvalue weighted by molar-refractivity contribution is 9.10. The number of benzene rings is 1. The zero-order valence-corrected chi connectivity index (χ0v) is 14.3. The Kier molecular flexibility index (Phi) is 4.17. The number of carbonyl (C=O) groups is 1. The van der Waals surface area contributed by atoms with Gasteiger partial charge < -0.3 is 5.32 Å². The van der Waals surface area contributed by atoms with Crippen LogP contribution in [0.1, 0.15) is 28.7 Å². The third-order valence-corrected chi connectivity index (χ3v) is 4.23. The van der Waals surface area contributed by atoms with E-state index in [0.717, 1.165) is 10.0 Å². The molecule has 3 rings (SSSR count). The Balaban J connectivity index is 2.04. The van der Waals surface area contributed by atoms with E-state index in [9.17, 15) is 9.18 Å². The first-order valence-corrected chi connectivity index (χ1v) is 8.03. The summed E-state index contributed by atoms with van der Waals surface area (Å²) in [6.07, 6.45) is 1.86. The van der Waals surface area contributed by atoms with Crippen LogP contribution in [0, 0.1) is 12.7 Å². The van der Waals surface area contributed by atoms with Crippen LogP contribution in [0.15, 0.2) is 41.0 Å². The molecule has 0 aliphatic carbocycles. The number of hydrogen-bond acceptors (Lipinski definition) is 2. The summed E-state index contributed by atoms with van der Waals surface area (Å²) in [5.41, 5.74) is 3.29. The minimum atomic E-state index is -0.414. The van der Waals surface area contributed by atoms with Gasteiger partial charge in [0, 0.05) is 10.7 Å². The Morgan fingerprint density at radius 1 is 1.35 bits per heavy atom. The lowest BCUT2D eigenvalue weighted by Crippen LogP contribution is -2.16. The van der Waals surface area contributed by atoms with Crippen molar-refractivity contribution in [2.75, 3.05) is 5.32 Å². The van der Waals surface area contributed by atoms with E-state index < -0.39 is 5.82 Å². The van der Waals surface area contributed by atoms with Gasteiger partial charge in [-0.1, -0.05) is 13.0 Å². The molecule has 1 aromatic carbocycles. The number of hydrogen-bond donors (Lipinski definition) is 1. The highest BCUT2D eigenvalue weighted by Crippen LogP contribution is 2.25. The summed E-state index contributed by atoms with van der Waals surface area (Å²) in [6, 6.07) is 8.56. The Labute approximate surface area is 141 Å². The number of fused-ring (bicyclic) bond motifs is 1. The van der Waals surface area contributed by atoms with Crippen molar-refractivity contribution in [1.82, 2.24) is 9.38 Å². The van der Waals surface area contributed by atoms with Gasteiger partial charge >= 0.3 is 0 Å². The van der Waals surface area contributed by atoms with Crippen molar-refractivity contribution in [2.24, 2.45) is 0 Å². The standard InChI is InChI=1S/C17H15BrFN3O/c1-3-13-16(22-9-11(19)5-7-15(22)20-13)17(23)21-14-6-4-10(2)8-12(14)18/h4-9H,3H2,1-2H3,(H,21,23). The molecule has 0 atom stereocenters. The molecule has 0 bridgehead atoms. The van der Waals surface area contributed by atoms with Gasteiger partial charge in [0.25, 0.3) is 5.91 Å². The van der Waals surface area contributed by atoms with Crippen molar-refractivity contribution in [1.29, 1.82) is 0 Å². The number of aryl methyl sites for hydroxylation is 2. The molecular weight excluding hydrogens is 361 g/mol. The minimum absolute atomic E-state index is 0.315. The zero-order valence-electron chi connectivity index (χ0n) is 12.7. The predicted octanol–water partition coefficient (Wildman–Crippen LogP) is 4.36. The Bertz CT molecular complexity index is 904. The first-order valence-electron chi connectivity index (χ1n) is 7.23. The molecule has 0 fully saturated rings. The highest BCUT2D eigenvalue weighted by Gasteiger charge is 2.19. The predicted molar refractivity (Wildman–Crippen MR) is 91.4 cm³/mol. The second-order valence-electron chi connectivity index (χ2n) is 5.27. The van der Waals surface area contributed by atoms with Crippen molar-refractivity contribution in [3.63, 3.8) is 0 Å². The van der Waals surface area contributed by atoms with E-state index in [1.54, 1.807) is 6.07 Å². The van der Waals surface area contributed by atoms with E-state index in [-0.39, 0.29) is 5.91 Å². The second kappa shape index (κ2) is 6.12. The molecule has 0 aliphatic rings. The van der Waals surface area contributed by atoms with Crippen molar-refractivity contribution in [3.05, 3.63) is 63.8 Å². The summed E-state index contributed by atoms with van der Waals surface area (Å²) in [4.78, 5) is 17.1. The number of imidazole rings is 1. The van der Waals surface area contributed by atoms with Crippen molar-refractivity contribution in [2.45, 2.75) is 20.3 Å². The van der Waals surface area contributed by atoms with Crippen LogP contribution in [-0.4, -0.2) is 15.3 Å². The lowest BCUT2D eigenvalue weighted by Gasteiger charge is -2.09. The largest absolute Gasteiger partial charge is 0.320 e. The van der Waals surface area contributed by atoms with Gasteiger partial charge in [-0.15, -0.1) is 0 Å². The third kappa shape index (κ3) is 2.99. The Morgan fingerprint density at radius 2 is 2.13 bits per heavy atom. The number of rotatable bonds is 3. The molecule has 0 aliphatic heterocycles. The SMILES string of the molecule is CCc1nc2ccc(F)cn2c1C(=O)Nc1ccc(C)cc1Br. The fourth-order valence-corrected chi connectivity index (χ4v) is 3.05. The molecule has 0 saturated carbocycles. The van der Waals surface area contributed by atoms with Crippen LogP contribution in [0.3, 0.4) is 0 Å². The van der Waals surface area contributed by atoms with Gasteiger partial charge in [0.1, 0.15) is 17.2 Å². The van der Waals surface area contributed by atoms with E-state index in [1.807, 2.05) is 32.0 Å². The van der Waals surface area contributed by atoms with E-state index in [2.05, 4.69) is 26.2 Å². The Morgan fingerprint density at radius 3 is 2.83 bits per heavy atom. The van der Waals surface area contributed by atoms with Gasteiger partial charge in [-0.25, -0.2) is 9.37 Å². The normalized spacial score (nSPS) is 11.0. The molecule has 1 amide bonds. The number of carbonyl (C=O) groups excluding carboxylic acids is 1. The Hall–Kier alpha value is -2.21.